The predicted molar refractivity (Wildman–Crippen MR) is 125 cm³/mol. The average Bonchev–Trinajstić information content (AvgIpc) is 2.72. The van der Waals surface area contributed by atoms with Crippen LogP contribution in [0.15, 0.2) is 42.5 Å². The molecule has 0 aliphatic rings. The Morgan fingerprint density at radius 1 is 1.00 bits per heavy atom. The third-order valence-corrected chi connectivity index (χ3v) is 5.50. The number of hydrogen-bond acceptors (Lipinski definition) is 3. The summed E-state index contributed by atoms with van der Waals surface area (Å²) in [4.78, 5) is 27.9. The Balaban J connectivity index is 2.23. The summed E-state index contributed by atoms with van der Waals surface area (Å²) >= 11 is 0. The van der Waals surface area contributed by atoms with Crippen LogP contribution < -0.4 is 10.1 Å². The molecule has 0 saturated carbocycles. The van der Waals surface area contributed by atoms with Crippen LogP contribution in [0.2, 0.25) is 0 Å². The van der Waals surface area contributed by atoms with Gasteiger partial charge in [-0.3, -0.25) is 9.59 Å². The second-order valence-corrected chi connectivity index (χ2v) is 8.31. The molecule has 5 nitrogen and oxygen atoms in total. The van der Waals surface area contributed by atoms with E-state index in [4.69, 9.17) is 4.74 Å². The number of aryl methyl sites for hydroxylation is 3. The Bertz CT molecular complexity index is 894. The van der Waals surface area contributed by atoms with Gasteiger partial charge in [0.2, 0.25) is 5.91 Å². The Kier molecular flexibility index (Phi) is 9.10. The van der Waals surface area contributed by atoms with Gasteiger partial charge < -0.3 is 15.0 Å². The molecule has 5 heteroatoms. The number of amides is 2. The lowest BCUT2D eigenvalue weighted by Crippen LogP contribution is -2.51. The van der Waals surface area contributed by atoms with Gasteiger partial charge in [-0.05, 0) is 57.7 Å². The molecule has 31 heavy (non-hydrogen) atoms. The fourth-order valence-electron chi connectivity index (χ4n) is 3.55. The number of carbonyl (C=O) groups is 2. The third kappa shape index (κ3) is 7.12. The second kappa shape index (κ2) is 11.5. The SMILES string of the molecule is CC[C@@H](C)NC(=O)[C@@H](CC)N(Cc1cccc(C)c1)C(=O)COc1ccc(C)cc1C. The number of ether oxygens (including phenoxy) is 1. The number of benzene rings is 2. The fourth-order valence-corrected chi connectivity index (χ4v) is 3.55. The number of carbonyl (C=O) groups excluding carboxylic acids is 2. The lowest BCUT2D eigenvalue weighted by Gasteiger charge is -2.31. The quantitative estimate of drug-likeness (QED) is 0.601. The zero-order valence-corrected chi connectivity index (χ0v) is 19.7. The van der Waals surface area contributed by atoms with E-state index in [0.717, 1.165) is 28.7 Å². The molecule has 1 N–H and O–H groups in total. The van der Waals surface area contributed by atoms with E-state index in [1.54, 1.807) is 4.90 Å². The molecule has 2 rings (SSSR count). The molecule has 0 unspecified atom stereocenters. The van der Waals surface area contributed by atoms with Gasteiger partial charge in [-0.2, -0.15) is 0 Å². The van der Waals surface area contributed by atoms with Gasteiger partial charge in [0, 0.05) is 12.6 Å². The van der Waals surface area contributed by atoms with E-state index in [0.29, 0.717) is 18.7 Å². The first kappa shape index (κ1) is 24.4. The largest absolute Gasteiger partial charge is 0.483 e. The van der Waals surface area contributed by atoms with Crippen molar-refractivity contribution in [2.75, 3.05) is 6.61 Å². The summed E-state index contributed by atoms with van der Waals surface area (Å²) in [5.74, 6) is 0.364. The number of nitrogens with zero attached hydrogens (tertiary/aromatic N) is 1. The van der Waals surface area contributed by atoms with Gasteiger partial charge in [-0.15, -0.1) is 0 Å². The van der Waals surface area contributed by atoms with E-state index in [2.05, 4.69) is 5.32 Å². The highest BCUT2D eigenvalue weighted by Crippen LogP contribution is 2.20. The minimum Gasteiger partial charge on any atom is -0.483 e. The highest BCUT2D eigenvalue weighted by molar-refractivity contribution is 5.88. The van der Waals surface area contributed by atoms with Crippen LogP contribution in [0.25, 0.3) is 0 Å². The maximum Gasteiger partial charge on any atom is 0.261 e. The van der Waals surface area contributed by atoms with E-state index < -0.39 is 6.04 Å². The van der Waals surface area contributed by atoms with Crippen LogP contribution in [0.4, 0.5) is 0 Å². The fraction of sp³-hybridized carbons (Fsp3) is 0.462. The summed E-state index contributed by atoms with van der Waals surface area (Å²) in [5.41, 5.74) is 4.24. The van der Waals surface area contributed by atoms with Crippen molar-refractivity contribution in [3.05, 3.63) is 64.7 Å². The molecule has 0 aliphatic carbocycles. The molecule has 0 saturated heterocycles. The maximum atomic E-state index is 13.3. The molecule has 0 radical (unpaired) electrons. The van der Waals surface area contributed by atoms with Gasteiger partial charge in [0.05, 0.1) is 0 Å². The maximum absolute atomic E-state index is 13.3. The summed E-state index contributed by atoms with van der Waals surface area (Å²) in [6.07, 6.45) is 1.37. The van der Waals surface area contributed by atoms with Crippen molar-refractivity contribution in [3.8, 4) is 5.75 Å². The number of rotatable bonds is 10. The van der Waals surface area contributed by atoms with Crippen LogP contribution in [0.1, 0.15) is 55.9 Å². The zero-order chi connectivity index (χ0) is 23.0. The molecule has 2 amide bonds. The van der Waals surface area contributed by atoms with Crippen molar-refractivity contribution in [3.63, 3.8) is 0 Å². The van der Waals surface area contributed by atoms with Crippen LogP contribution in [0.3, 0.4) is 0 Å². The highest BCUT2D eigenvalue weighted by Gasteiger charge is 2.29. The van der Waals surface area contributed by atoms with Crippen LogP contribution in [-0.4, -0.2) is 35.4 Å². The normalized spacial score (nSPS) is 12.7. The van der Waals surface area contributed by atoms with Crippen molar-refractivity contribution < 1.29 is 14.3 Å². The summed E-state index contributed by atoms with van der Waals surface area (Å²) in [5, 5.41) is 3.03. The molecule has 0 fully saturated rings. The molecule has 168 valence electrons. The minimum absolute atomic E-state index is 0.0592. The Hall–Kier alpha value is -2.82. The van der Waals surface area contributed by atoms with Crippen LogP contribution in [0.5, 0.6) is 5.75 Å². The summed E-state index contributed by atoms with van der Waals surface area (Å²) in [6.45, 7) is 12.2. The smallest absolute Gasteiger partial charge is 0.261 e. The zero-order valence-electron chi connectivity index (χ0n) is 19.7. The molecule has 0 aliphatic heterocycles. The average molecular weight is 425 g/mol. The van der Waals surface area contributed by atoms with Gasteiger partial charge in [0.1, 0.15) is 11.8 Å². The molecular formula is C26H36N2O3. The lowest BCUT2D eigenvalue weighted by molar-refractivity contribution is -0.143. The topological polar surface area (TPSA) is 58.6 Å². The summed E-state index contributed by atoms with van der Waals surface area (Å²) in [7, 11) is 0. The summed E-state index contributed by atoms with van der Waals surface area (Å²) < 4.78 is 5.85. The minimum atomic E-state index is -0.551. The van der Waals surface area contributed by atoms with Gasteiger partial charge in [-0.25, -0.2) is 0 Å². The van der Waals surface area contributed by atoms with Gasteiger partial charge in [0.15, 0.2) is 6.61 Å². The predicted octanol–water partition coefficient (Wildman–Crippen LogP) is 4.71. The lowest BCUT2D eigenvalue weighted by atomic mass is 10.1. The van der Waals surface area contributed by atoms with E-state index in [-0.39, 0.29) is 24.5 Å². The van der Waals surface area contributed by atoms with E-state index >= 15 is 0 Å². The highest BCUT2D eigenvalue weighted by atomic mass is 16.5. The molecule has 0 heterocycles. The molecule has 2 atom stereocenters. The summed E-state index contributed by atoms with van der Waals surface area (Å²) in [6, 6.07) is 13.4. The molecule has 0 spiro atoms. The van der Waals surface area contributed by atoms with Crippen molar-refractivity contribution in [1.29, 1.82) is 0 Å². The van der Waals surface area contributed by atoms with Gasteiger partial charge in [-0.1, -0.05) is 61.4 Å². The first-order valence-electron chi connectivity index (χ1n) is 11.1. The van der Waals surface area contributed by atoms with Crippen molar-refractivity contribution in [2.45, 2.75) is 73.0 Å². The molecule has 2 aromatic rings. The Labute approximate surface area is 186 Å². The van der Waals surface area contributed by atoms with Crippen molar-refractivity contribution in [2.24, 2.45) is 0 Å². The molecule has 2 aromatic carbocycles. The first-order valence-corrected chi connectivity index (χ1v) is 11.1. The standard InChI is InChI=1S/C26H36N2O3/c1-7-21(6)27-26(30)23(8-2)28(16-22-11-9-10-18(3)15-22)25(29)17-31-24-13-12-19(4)14-20(24)5/h9-15,21,23H,7-8,16-17H2,1-6H3,(H,27,30)/t21-,23-/m1/s1. The Morgan fingerprint density at radius 2 is 1.71 bits per heavy atom. The monoisotopic (exact) mass is 424 g/mol. The van der Waals surface area contributed by atoms with Crippen molar-refractivity contribution >= 4 is 11.8 Å². The van der Waals surface area contributed by atoms with Gasteiger partial charge in [0.25, 0.3) is 5.91 Å². The number of nitrogens with one attached hydrogen (secondary N) is 1. The van der Waals surface area contributed by atoms with Crippen LogP contribution in [-0.2, 0) is 16.1 Å². The van der Waals surface area contributed by atoms with Crippen molar-refractivity contribution in [1.82, 2.24) is 10.2 Å². The van der Waals surface area contributed by atoms with E-state index in [1.165, 1.54) is 0 Å². The van der Waals surface area contributed by atoms with Crippen LogP contribution in [0, 0.1) is 20.8 Å². The van der Waals surface area contributed by atoms with E-state index in [9.17, 15) is 9.59 Å². The third-order valence-electron chi connectivity index (χ3n) is 5.50. The van der Waals surface area contributed by atoms with Crippen LogP contribution >= 0.6 is 0 Å². The van der Waals surface area contributed by atoms with Gasteiger partial charge >= 0.3 is 0 Å². The molecule has 0 aromatic heterocycles. The molecular weight excluding hydrogens is 388 g/mol. The Morgan fingerprint density at radius 3 is 2.32 bits per heavy atom. The molecule has 0 bridgehead atoms. The second-order valence-electron chi connectivity index (χ2n) is 8.31. The first-order chi connectivity index (χ1) is 14.7. The number of hydrogen-bond donors (Lipinski definition) is 1. The van der Waals surface area contributed by atoms with E-state index in [1.807, 2.05) is 84.0 Å².